The Bertz CT molecular complexity index is 1420. The van der Waals surface area contributed by atoms with Crippen molar-refractivity contribution in [2.45, 2.75) is 33.4 Å². The first-order valence-corrected chi connectivity index (χ1v) is 11.5. The third kappa shape index (κ3) is 4.66. The molecule has 176 valence electrons. The number of hydrogen-bond donors (Lipinski definition) is 2. The minimum absolute atomic E-state index is 0.196. The van der Waals surface area contributed by atoms with Crippen molar-refractivity contribution in [3.63, 3.8) is 0 Å². The molecule has 1 aliphatic rings. The molecule has 0 spiro atoms. The van der Waals surface area contributed by atoms with Crippen LogP contribution >= 0.6 is 0 Å². The van der Waals surface area contributed by atoms with Gasteiger partial charge in [0.2, 0.25) is 5.95 Å². The Balaban J connectivity index is 1.47. The largest absolute Gasteiger partial charge is 0.489 e. The lowest BCUT2D eigenvalue weighted by Gasteiger charge is -2.29. The van der Waals surface area contributed by atoms with E-state index in [0.29, 0.717) is 18.1 Å². The SMILES string of the molecule is CC1=C(C(=O)Nc2cccc(C)c2)C(c2cccc(OCc3ccccc3C)c2)n2ncnc2N1. The van der Waals surface area contributed by atoms with Gasteiger partial charge in [-0.25, -0.2) is 4.68 Å². The molecule has 1 aromatic heterocycles. The standard InChI is InChI=1S/C28H27N5O2/c1-18-8-6-12-23(14-18)32-27(34)25-20(3)31-28-29-17-30-33(28)26(25)21-11-7-13-24(15-21)35-16-22-10-5-4-9-19(22)2/h4-15,17,26H,16H2,1-3H3,(H,32,34)(H,29,30,31). The number of ether oxygens (including phenoxy) is 1. The molecule has 35 heavy (non-hydrogen) atoms. The highest BCUT2D eigenvalue weighted by atomic mass is 16.5. The lowest BCUT2D eigenvalue weighted by molar-refractivity contribution is -0.113. The highest BCUT2D eigenvalue weighted by Gasteiger charge is 2.33. The van der Waals surface area contributed by atoms with Gasteiger partial charge in [-0.05, 0) is 67.3 Å². The van der Waals surface area contributed by atoms with Crippen molar-refractivity contribution in [2.75, 3.05) is 10.6 Å². The van der Waals surface area contributed by atoms with Crippen LogP contribution in [0.15, 0.2) is 90.4 Å². The molecule has 0 bridgehead atoms. The summed E-state index contributed by atoms with van der Waals surface area (Å²) in [7, 11) is 0. The number of carbonyl (C=O) groups is 1. The van der Waals surface area contributed by atoms with Crippen LogP contribution in [0.3, 0.4) is 0 Å². The molecular weight excluding hydrogens is 438 g/mol. The van der Waals surface area contributed by atoms with E-state index in [1.165, 1.54) is 11.9 Å². The van der Waals surface area contributed by atoms with E-state index >= 15 is 0 Å². The van der Waals surface area contributed by atoms with Gasteiger partial charge >= 0.3 is 0 Å². The fraction of sp³-hybridized carbons (Fsp3) is 0.179. The number of aryl methyl sites for hydroxylation is 2. The average molecular weight is 466 g/mol. The van der Waals surface area contributed by atoms with Crippen LogP contribution in [-0.2, 0) is 11.4 Å². The molecule has 1 aliphatic heterocycles. The van der Waals surface area contributed by atoms with E-state index in [2.05, 4.69) is 39.8 Å². The number of nitrogens with one attached hydrogen (secondary N) is 2. The molecule has 0 saturated heterocycles. The summed E-state index contributed by atoms with van der Waals surface area (Å²) in [6.07, 6.45) is 1.49. The summed E-state index contributed by atoms with van der Waals surface area (Å²) in [6.45, 7) is 6.42. The fourth-order valence-electron chi connectivity index (χ4n) is 4.32. The van der Waals surface area contributed by atoms with Gasteiger partial charge in [0.05, 0.1) is 5.57 Å². The molecule has 4 aromatic rings. The Kier molecular flexibility index (Phi) is 6.06. The van der Waals surface area contributed by atoms with Gasteiger partial charge in [0.1, 0.15) is 24.7 Å². The number of rotatable bonds is 6. The van der Waals surface area contributed by atoms with E-state index in [-0.39, 0.29) is 5.91 Å². The Morgan fingerprint density at radius 3 is 2.69 bits per heavy atom. The quantitative estimate of drug-likeness (QED) is 0.398. The van der Waals surface area contributed by atoms with Crippen molar-refractivity contribution in [3.05, 3.63) is 113 Å². The number of amides is 1. The number of anilines is 2. The fourth-order valence-corrected chi connectivity index (χ4v) is 4.32. The van der Waals surface area contributed by atoms with Gasteiger partial charge in [-0.1, -0.05) is 48.5 Å². The second-order valence-corrected chi connectivity index (χ2v) is 8.71. The maximum Gasteiger partial charge on any atom is 0.255 e. The molecule has 2 N–H and O–H groups in total. The molecule has 3 aromatic carbocycles. The predicted molar refractivity (Wildman–Crippen MR) is 136 cm³/mol. The second kappa shape index (κ2) is 9.46. The molecule has 1 unspecified atom stereocenters. The lowest BCUT2D eigenvalue weighted by Crippen LogP contribution is -2.31. The molecule has 0 fully saturated rings. The Labute approximate surface area is 204 Å². The first kappa shape index (κ1) is 22.4. The maximum absolute atomic E-state index is 13.5. The summed E-state index contributed by atoms with van der Waals surface area (Å²) in [5, 5.41) is 10.7. The summed E-state index contributed by atoms with van der Waals surface area (Å²) in [5.74, 6) is 1.12. The van der Waals surface area contributed by atoms with Gasteiger partial charge < -0.3 is 15.4 Å². The van der Waals surface area contributed by atoms with Crippen LogP contribution in [0.5, 0.6) is 5.75 Å². The van der Waals surface area contributed by atoms with E-state index in [4.69, 9.17) is 4.74 Å². The van der Waals surface area contributed by atoms with Gasteiger partial charge in [0, 0.05) is 11.4 Å². The summed E-state index contributed by atoms with van der Waals surface area (Å²) in [4.78, 5) is 17.9. The first-order chi connectivity index (χ1) is 17.0. The van der Waals surface area contributed by atoms with Gasteiger partial charge in [-0.2, -0.15) is 10.1 Å². The molecule has 7 nitrogen and oxygen atoms in total. The second-order valence-electron chi connectivity index (χ2n) is 8.71. The monoisotopic (exact) mass is 465 g/mol. The number of aromatic nitrogens is 3. The number of nitrogens with zero attached hydrogens (tertiary/aromatic N) is 3. The van der Waals surface area contributed by atoms with Gasteiger partial charge in [-0.3, -0.25) is 4.79 Å². The van der Waals surface area contributed by atoms with Crippen molar-refractivity contribution < 1.29 is 9.53 Å². The van der Waals surface area contributed by atoms with E-state index in [1.54, 1.807) is 4.68 Å². The normalized spacial score (nSPS) is 14.8. The number of allylic oxidation sites excluding steroid dienone is 1. The highest BCUT2D eigenvalue weighted by molar-refractivity contribution is 6.06. The smallest absolute Gasteiger partial charge is 0.255 e. The third-order valence-corrected chi connectivity index (χ3v) is 6.14. The number of benzene rings is 3. The summed E-state index contributed by atoms with van der Waals surface area (Å²) >= 11 is 0. The number of fused-ring (bicyclic) bond motifs is 1. The Hall–Kier alpha value is -4.39. The summed E-state index contributed by atoms with van der Waals surface area (Å²) in [6, 6.07) is 23.3. The molecular formula is C28H27N5O2. The minimum atomic E-state index is -0.458. The van der Waals surface area contributed by atoms with Gasteiger partial charge in [0.15, 0.2) is 0 Å². The molecule has 1 amide bonds. The van der Waals surface area contributed by atoms with Gasteiger partial charge in [-0.15, -0.1) is 0 Å². The van der Waals surface area contributed by atoms with Crippen LogP contribution in [-0.4, -0.2) is 20.7 Å². The zero-order valence-corrected chi connectivity index (χ0v) is 19.9. The molecule has 0 aliphatic carbocycles. The first-order valence-electron chi connectivity index (χ1n) is 11.5. The van der Waals surface area contributed by atoms with E-state index in [1.807, 2.05) is 74.5 Å². The van der Waals surface area contributed by atoms with Crippen LogP contribution in [0.2, 0.25) is 0 Å². The van der Waals surface area contributed by atoms with E-state index in [0.717, 1.165) is 33.8 Å². The molecule has 0 radical (unpaired) electrons. The van der Waals surface area contributed by atoms with E-state index < -0.39 is 6.04 Å². The van der Waals surface area contributed by atoms with Crippen LogP contribution in [0.25, 0.3) is 0 Å². The average Bonchev–Trinajstić information content (AvgIpc) is 3.31. The van der Waals surface area contributed by atoms with Crippen molar-refractivity contribution in [3.8, 4) is 5.75 Å². The van der Waals surface area contributed by atoms with Crippen molar-refractivity contribution in [1.82, 2.24) is 14.8 Å². The third-order valence-electron chi connectivity index (χ3n) is 6.14. The van der Waals surface area contributed by atoms with Crippen molar-refractivity contribution in [1.29, 1.82) is 0 Å². The molecule has 1 atom stereocenters. The summed E-state index contributed by atoms with van der Waals surface area (Å²) in [5.41, 5.74) is 6.31. The highest BCUT2D eigenvalue weighted by Crippen LogP contribution is 2.36. The molecule has 7 heteroatoms. The summed E-state index contributed by atoms with van der Waals surface area (Å²) < 4.78 is 7.86. The zero-order chi connectivity index (χ0) is 24.4. The zero-order valence-electron chi connectivity index (χ0n) is 19.9. The Morgan fingerprint density at radius 1 is 1.03 bits per heavy atom. The number of carbonyl (C=O) groups excluding carboxylic acids is 1. The van der Waals surface area contributed by atoms with Crippen molar-refractivity contribution >= 4 is 17.5 Å². The van der Waals surface area contributed by atoms with Crippen molar-refractivity contribution in [2.24, 2.45) is 0 Å². The molecule has 5 rings (SSSR count). The van der Waals surface area contributed by atoms with E-state index in [9.17, 15) is 4.79 Å². The maximum atomic E-state index is 13.5. The van der Waals surface area contributed by atoms with Crippen LogP contribution in [0, 0.1) is 13.8 Å². The van der Waals surface area contributed by atoms with Crippen LogP contribution in [0.4, 0.5) is 11.6 Å². The van der Waals surface area contributed by atoms with Gasteiger partial charge in [0.25, 0.3) is 5.91 Å². The molecule has 2 heterocycles. The van der Waals surface area contributed by atoms with Crippen LogP contribution < -0.4 is 15.4 Å². The number of hydrogen-bond acceptors (Lipinski definition) is 5. The minimum Gasteiger partial charge on any atom is -0.489 e. The topological polar surface area (TPSA) is 81.1 Å². The van der Waals surface area contributed by atoms with Crippen LogP contribution in [0.1, 0.15) is 35.2 Å². The molecule has 0 saturated carbocycles. The lowest BCUT2D eigenvalue weighted by atomic mass is 9.94. The predicted octanol–water partition coefficient (Wildman–Crippen LogP) is 5.40. The Morgan fingerprint density at radius 2 is 1.86 bits per heavy atom.